The maximum atomic E-state index is 13.1. The SMILES string of the molecule is O=C(O)COCCOCCOCC(NCc1ccc(-c2cc(Cl)ccc2Cl)o1)C(=O)Nc1ccccc1C(=O)O. The third kappa shape index (κ3) is 9.94. The molecule has 0 aliphatic heterocycles. The van der Waals surface area contributed by atoms with Crippen molar-refractivity contribution in [3.63, 3.8) is 0 Å². The molecular weight excluding hydrogens is 567 g/mol. The average molecular weight is 595 g/mol. The summed E-state index contributed by atoms with van der Waals surface area (Å²) in [5, 5.41) is 24.7. The van der Waals surface area contributed by atoms with Crippen LogP contribution in [-0.2, 0) is 30.3 Å². The molecule has 1 unspecified atom stereocenters. The Morgan fingerprint density at radius 3 is 2.38 bits per heavy atom. The highest BCUT2D eigenvalue weighted by Crippen LogP contribution is 2.31. The third-order valence-corrected chi connectivity index (χ3v) is 5.93. The minimum atomic E-state index is -1.18. The first-order chi connectivity index (χ1) is 19.2. The van der Waals surface area contributed by atoms with Crippen molar-refractivity contribution in [3.8, 4) is 11.3 Å². The first-order valence-electron chi connectivity index (χ1n) is 12.1. The minimum absolute atomic E-state index is 0.0527. The summed E-state index contributed by atoms with van der Waals surface area (Å²) in [5.41, 5.74) is 0.715. The van der Waals surface area contributed by atoms with Gasteiger partial charge in [0.1, 0.15) is 24.2 Å². The molecule has 11 nitrogen and oxygen atoms in total. The van der Waals surface area contributed by atoms with Gasteiger partial charge in [-0.1, -0.05) is 35.3 Å². The van der Waals surface area contributed by atoms with Crippen molar-refractivity contribution in [2.24, 2.45) is 0 Å². The lowest BCUT2D eigenvalue weighted by Crippen LogP contribution is -2.44. The predicted octanol–water partition coefficient (Wildman–Crippen LogP) is 4.18. The van der Waals surface area contributed by atoms with Crippen LogP contribution < -0.4 is 10.6 Å². The second-order valence-electron chi connectivity index (χ2n) is 8.30. The summed E-state index contributed by atoms with van der Waals surface area (Å²) < 4.78 is 21.7. The van der Waals surface area contributed by atoms with Crippen molar-refractivity contribution in [2.75, 3.05) is 45.0 Å². The molecule has 4 N–H and O–H groups in total. The summed E-state index contributed by atoms with van der Waals surface area (Å²) in [7, 11) is 0. The topological polar surface area (TPSA) is 157 Å². The quantitative estimate of drug-likeness (QED) is 0.167. The third-order valence-electron chi connectivity index (χ3n) is 5.36. The number of para-hydroxylation sites is 1. The Balaban J connectivity index is 1.59. The standard InChI is InChI=1S/C27H28Cl2N2O9/c28-17-5-7-21(29)20(13-17)24-8-6-18(40-24)14-30-23(15-38-11-9-37-10-12-39-16-25(32)33)26(34)31-22-4-2-1-3-19(22)27(35)36/h1-8,13,23,30H,9-12,14-16H2,(H,31,34)(H,32,33)(H,35,36). The lowest BCUT2D eigenvalue weighted by Gasteiger charge is -2.19. The van der Waals surface area contributed by atoms with Crippen LogP contribution in [0.4, 0.5) is 5.69 Å². The van der Waals surface area contributed by atoms with Crippen LogP contribution in [0, 0.1) is 0 Å². The number of hydrogen-bond donors (Lipinski definition) is 4. The van der Waals surface area contributed by atoms with Crippen molar-refractivity contribution >= 4 is 46.7 Å². The smallest absolute Gasteiger partial charge is 0.337 e. The molecule has 0 fully saturated rings. The number of ether oxygens (including phenoxy) is 3. The van der Waals surface area contributed by atoms with Crippen molar-refractivity contribution in [1.29, 1.82) is 0 Å². The number of amides is 1. The maximum Gasteiger partial charge on any atom is 0.337 e. The molecule has 40 heavy (non-hydrogen) atoms. The highest BCUT2D eigenvalue weighted by molar-refractivity contribution is 6.35. The van der Waals surface area contributed by atoms with Crippen LogP contribution >= 0.6 is 23.2 Å². The Bertz CT molecular complexity index is 1300. The van der Waals surface area contributed by atoms with Gasteiger partial charge < -0.3 is 34.2 Å². The molecule has 1 atom stereocenters. The van der Waals surface area contributed by atoms with E-state index in [1.165, 1.54) is 12.1 Å². The van der Waals surface area contributed by atoms with E-state index in [0.717, 1.165) is 0 Å². The Kier molecular flexibility index (Phi) is 12.4. The summed E-state index contributed by atoms with van der Waals surface area (Å²) in [5.74, 6) is -1.74. The summed E-state index contributed by atoms with van der Waals surface area (Å²) in [6.45, 7) is 0.320. The van der Waals surface area contributed by atoms with Gasteiger partial charge in [0.05, 0.1) is 55.9 Å². The number of nitrogens with one attached hydrogen (secondary N) is 2. The van der Waals surface area contributed by atoms with Crippen molar-refractivity contribution in [2.45, 2.75) is 12.6 Å². The molecule has 13 heteroatoms. The van der Waals surface area contributed by atoms with Gasteiger partial charge in [-0.2, -0.15) is 0 Å². The number of carbonyl (C=O) groups excluding carboxylic acids is 1. The molecule has 214 valence electrons. The number of carboxylic acid groups (broad SMARTS) is 2. The van der Waals surface area contributed by atoms with Gasteiger partial charge in [-0.05, 0) is 42.5 Å². The first-order valence-corrected chi connectivity index (χ1v) is 12.9. The van der Waals surface area contributed by atoms with Crippen molar-refractivity contribution < 1.29 is 43.2 Å². The van der Waals surface area contributed by atoms with E-state index in [-0.39, 0.29) is 50.8 Å². The summed E-state index contributed by atoms with van der Waals surface area (Å²) in [6, 6.07) is 13.7. The average Bonchev–Trinajstić information content (AvgIpc) is 3.39. The first kappa shape index (κ1) is 31.1. The predicted molar refractivity (Wildman–Crippen MR) is 147 cm³/mol. The summed E-state index contributed by atoms with van der Waals surface area (Å²) in [4.78, 5) is 35.1. The van der Waals surface area contributed by atoms with Gasteiger partial charge in [-0.3, -0.25) is 10.1 Å². The second kappa shape index (κ2) is 16.0. The van der Waals surface area contributed by atoms with E-state index >= 15 is 0 Å². The van der Waals surface area contributed by atoms with Crippen LogP contribution in [0.3, 0.4) is 0 Å². The Labute approximate surface area is 239 Å². The van der Waals surface area contributed by atoms with Gasteiger partial charge in [0.2, 0.25) is 5.91 Å². The van der Waals surface area contributed by atoms with Gasteiger partial charge in [0, 0.05) is 10.6 Å². The zero-order valence-corrected chi connectivity index (χ0v) is 22.7. The van der Waals surface area contributed by atoms with Gasteiger partial charge in [0.25, 0.3) is 0 Å². The van der Waals surface area contributed by atoms with Gasteiger partial charge in [-0.25, -0.2) is 9.59 Å². The van der Waals surface area contributed by atoms with E-state index < -0.39 is 30.5 Å². The molecule has 0 aliphatic rings. The number of furan rings is 1. The lowest BCUT2D eigenvalue weighted by molar-refractivity contribution is -0.142. The fourth-order valence-electron chi connectivity index (χ4n) is 3.45. The molecular formula is C27H28Cl2N2O9. The molecule has 0 saturated carbocycles. The molecule has 0 radical (unpaired) electrons. The largest absolute Gasteiger partial charge is 0.480 e. The highest BCUT2D eigenvalue weighted by atomic mass is 35.5. The molecule has 1 aromatic heterocycles. The summed E-state index contributed by atoms with van der Waals surface area (Å²) in [6.07, 6.45) is 0. The van der Waals surface area contributed by atoms with E-state index in [4.69, 9.17) is 46.9 Å². The number of carbonyl (C=O) groups is 3. The second-order valence-corrected chi connectivity index (χ2v) is 9.14. The molecule has 0 aliphatic carbocycles. The molecule has 2 aromatic carbocycles. The van der Waals surface area contributed by atoms with Gasteiger partial charge in [0.15, 0.2) is 0 Å². The number of anilines is 1. The molecule has 0 spiro atoms. The molecule has 0 saturated heterocycles. The normalized spacial score (nSPS) is 11.8. The number of carboxylic acids is 2. The molecule has 3 rings (SSSR count). The Morgan fingerprint density at radius 2 is 1.62 bits per heavy atom. The number of aromatic carboxylic acids is 1. The minimum Gasteiger partial charge on any atom is -0.480 e. The van der Waals surface area contributed by atoms with Gasteiger partial charge >= 0.3 is 11.9 Å². The number of benzene rings is 2. The number of aliphatic carboxylic acids is 1. The van der Waals surface area contributed by atoms with E-state index in [0.29, 0.717) is 27.1 Å². The van der Waals surface area contributed by atoms with E-state index in [9.17, 15) is 19.5 Å². The number of hydrogen-bond acceptors (Lipinski definition) is 8. The van der Waals surface area contributed by atoms with E-state index in [1.807, 2.05) is 0 Å². The summed E-state index contributed by atoms with van der Waals surface area (Å²) >= 11 is 12.3. The van der Waals surface area contributed by atoms with E-state index in [1.54, 1.807) is 42.5 Å². The van der Waals surface area contributed by atoms with Crippen LogP contribution in [0.1, 0.15) is 16.1 Å². The number of halogens is 2. The molecule has 0 bridgehead atoms. The van der Waals surface area contributed by atoms with Crippen LogP contribution in [0.15, 0.2) is 59.0 Å². The molecule has 1 amide bonds. The molecule has 3 aromatic rings. The maximum absolute atomic E-state index is 13.1. The van der Waals surface area contributed by atoms with Crippen LogP contribution in [0.5, 0.6) is 0 Å². The number of rotatable bonds is 17. The van der Waals surface area contributed by atoms with E-state index in [2.05, 4.69) is 10.6 Å². The monoisotopic (exact) mass is 594 g/mol. The Hall–Kier alpha value is -3.45. The van der Waals surface area contributed by atoms with Crippen molar-refractivity contribution in [3.05, 3.63) is 76.0 Å². The Morgan fingerprint density at radius 1 is 0.900 bits per heavy atom. The van der Waals surface area contributed by atoms with Crippen LogP contribution in [-0.4, -0.2) is 73.7 Å². The van der Waals surface area contributed by atoms with Crippen LogP contribution in [0.2, 0.25) is 10.0 Å². The molecule has 1 heterocycles. The highest BCUT2D eigenvalue weighted by Gasteiger charge is 2.21. The lowest BCUT2D eigenvalue weighted by atomic mass is 10.1. The zero-order chi connectivity index (χ0) is 28.9. The van der Waals surface area contributed by atoms with Crippen LogP contribution in [0.25, 0.3) is 11.3 Å². The zero-order valence-electron chi connectivity index (χ0n) is 21.2. The fourth-order valence-corrected chi connectivity index (χ4v) is 3.83. The fraction of sp³-hybridized carbons (Fsp3) is 0.296. The van der Waals surface area contributed by atoms with Crippen molar-refractivity contribution in [1.82, 2.24) is 5.32 Å². The van der Waals surface area contributed by atoms with Gasteiger partial charge in [-0.15, -0.1) is 0 Å².